The van der Waals surface area contributed by atoms with E-state index in [2.05, 4.69) is 62.2 Å². The fourth-order valence-electron chi connectivity index (χ4n) is 3.67. The quantitative estimate of drug-likeness (QED) is 0.364. The Balaban J connectivity index is 1.49. The first-order chi connectivity index (χ1) is 13.6. The third kappa shape index (κ3) is 4.26. The maximum absolute atomic E-state index is 10.6. The molecule has 0 saturated carbocycles. The molecule has 0 bridgehead atoms. The van der Waals surface area contributed by atoms with E-state index in [9.17, 15) is 5.11 Å². The molecule has 3 nitrogen and oxygen atoms in total. The molecule has 1 atom stereocenters. The van der Waals surface area contributed by atoms with Crippen LogP contribution < -0.4 is 5.32 Å². The van der Waals surface area contributed by atoms with Gasteiger partial charge in [0, 0.05) is 37.8 Å². The summed E-state index contributed by atoms with van der Waals surface area (Å²) in [5.41, 5.74) is 3.49. The van der Waals surface area contributed by atoms with Crippen LogP contribution in [0.2, 0.25) is 5.02 Å². The van der Waals surface area contributed by atoms with E-state index >= 15 is 0 Å². The third-order valence-corrected chi connectivity index (χ3v) is 5.72. The number of benzene rings is 3. The standard InChI is InChI=1S/C23H22BrClN2O/c24-17-6-8-22-20(12-17)21-13-18(25)7-9-23(21)27(22)15-19(28)14-26-11-10-16-4-2-1-3-5-16/h1-9,12-13,19,26,28H,10-11,14-15H2. The topological polar surface area (TPSA) is 37.2 Å². The zero-order chi connectivity index (χ0) is 19.5. The summed E-state index contributed by atoms with van der Waals surface area (Å²) in [7, 11) is 0. The van der Waals surface area contributed by atoms with E-state index in [0.29, 0.717) is 13.1 Å². The Morgan fingerprint density at radius 2 is 1.68 bits per heavy atom. The number of aliphatic hydroxyl groups excluding tert-OH is 1. The van der Waals surface area contributed by atoms with Crippen LogP contribution >= 0.6 is 27.5 Å². The number of fused-ring (bicyclic) bond motifs is 3. The van der Waals surface area contributed by atoms with Crippen molar-refractivity contribution >= 4 is 49.3 Å². The molecule has 1 heterocycles. The first-order valence-corrected chi connectivity index (χ1v) is 10.6. The van der Waals surface area contributed by atoms with Gasteiger partial charge in [0.25, 0.3) is 0 Å². The molecule has 28 heavy (non-hydrogen) atoms. The van der Waals surface area contributed by atoms with E-state index in [4.69, 9.17) is 11.6 Å². The van der Waals surface area contributed by atoms with Gasteiger partial charge in [0.1, 0.15) is 0 Å². The Hall–Kier alpha value is -1.85. The molecule has 0 fully saturated rings. The summed E-state index contributed by atoms with van der Waals surface area (Å²) >= 11 is 9.78. The van der Waals surface area contributed by atoms with Crippen LogP contribution in [0.5, 0.6) is 0 Å². The average Bonchev–Trinajstić information content (AvgIpc) is 2.98. The SMILES string of the molecule is OC(CNCCc1ccccc1)Cn1c2ccc(Cl)cc2c2cc(Br)ccc21. The maximum Gasteiger partial charge on any atom is 0.0843 e. The van der Waals surface area contributed by atoms with Gasteiger partial charge in [-0.15, -0.1) is 0 Å². The molecule has 5 heteroatoms. The zero-order valence-electron chi connectivity index (χ0n) is 15.4. The Morgan fingerprint density at radius 1 is 0.964 bits per heavy atom. The smallest absolute Gasteiger partial charge is 0.0843 e. The summed E-state index contributed by atoms with van der Waals surface area (Å²) in [5.74, 6) is 0. The largest absolute Gasteiger partial charge is 0.390 e. The lowest BCUT2D eigenvalue weighted by atomic mass is 10.1. The average molecular weight is 458 g/mol. The number of halogens is 2. The summed E-state index contributed by atoms with van der Waals surface area (Å²) in [4.78, 5) is 0. The van der Waals surface area contributed by atoms with Crippen molar-refractivity contribution in [1.29, 1.82) is 0 Å². The fourth-order valence-corrected chi connectivity index (χ4v) is 4.20. The molecule has 4 rings (SSSR count). The third-order valence-electron chi connectivity index (χ3n) is 5.00. The Morgan fingerprint density at radius 3 is 2.46 bits per heavy atom. The van der Waals surface area contributed by atoms with Gasteiger partial charge < -0.3 is 15.0 Å². The predicted octanol–water partition coefficient (Wildman–Crippen LogP) is 5.40. The highest BCUT2D eigenvalue weighted by molar-refractivity contribution is 9.10. The Bertz CT molecular complexity index is 1030. The second kappa shape index (κ2) is 8.66. The maximum atomic E-state index is 10.6. The lowest BCUT2D eigenvalue weighted by Gasteiger charge is -2.15. The van der Waals surface area contributed by atoms with Gasteiger partial charge >= 0.3 is 0 Å². The van der Waals surface area contributed by atoms with E-state index in [1.807, 2.05) is 30.3 Å². The highest BCUT2D eigenvalue weighted by Crippen LogP contribution is 2.33. The molecule has 0 aliphatic heterocycles. The zero-order valence-corrected chi connectivity index (χ0v) is 17.7. The van der Waals surface area contributed by atoms with Crippen molar-refractivity contribution in [2.45, 2.75) is 19.1 Å². The number of aromatic nitrogens is 1. The number of aliphatic hydroxyl groups is 1. The fraction of sp³-hybridized carbons (Fsp3) is 0.217. The van der Waals surface area contributed by atoms with Gasteiger partial charge in [-0.05, 0) is 54.9 Å². The van der Waals surface area contributed by atoms with Gasteiger partial charge in [-0.2, -0.15) is 0 Å². The Labute approximate surface area is 178 Å². The molecule has 1 unspecified atom stereocenters. The highest BCUT2D eigenvalue weighted by Gasteiger charge is 2.14. The lowest BCUT2D eigenvalue weighted by Crippen LogP contribution is -2.31. The first kappa shape index (κ1) is 19.5. The van der Waals surface area contributed by atoms with Gasteiger partial charge in [-0.25, -0.2) is 0 Å². The molecule has 0 amide bonds. The molecule has 0 aliphatic rings. The monoisotopic (exact) mass is 456 g/mol. The summed E-state index contributed by atoms with van der Waals surface area (Å²) in [6.45, 7) is 1.93. The van der Waals surface area contributed by atoms with Crippen molar-refractivity contribution in [2.75, 3.05) is 13.1 Å². The molecular formula is C23H22BrClN2O. The highest BCUT2D eigenvalue weighted by atomic mass is 79.9. The first-order valence-electron chi connectivity index (χ1n) is 9.41. The number of hydrogen-bond acceptors (Lipinski definition) is 2. The normalized spacial score (nSPS) is 12.7. The van der Waals surface area contributed by atoms with Crippen LogP contribution in [0.25, 0.3) is 21.8 Å². The van der Waals surface area contributed by atoms with Crippen molar-refractivity contribution in [3.8, 4) is 0 Å². The van der Waals surface area contributed by atoms with E-state index in [1.54, 1.807) is 0 Å². The van der Waals surface area contributed by atoms with Gasteiger partial charge in [-0.1, -0.05) is 57.9 Å². The molecule has 1 aromatic heterocycles. The minimum absolute atomic E-state index is 0.478. The van der Waals surface area contributed by atoms with Crippen LogP contribution in [0, 0.1) is 0 Å². The predicted molar refractivity (Wildman–Crippen MR) is 121 cm³/mol. The minimum atomic E-state index is -0.478. The summed E-state index contributed by atoms with van der Waals surface area (Å²) in [6.07, 6.45) is 0.476. The molecule has 0 spiro atoms. The van der Waals surface area contributed by atoms with Gasteiger partial charge in [-0.3, -0.25) is 0 Å². The van der Waals surface area contributed by atoms with Crippen LogP contribution in [0.4, 0.5) is 0 Å². The van der Waals surface area contributed by atoms with Crippen molar-refractivity contribution in [2.24, 2.45) is 0 Å². The molecule has 4 aromatic rings. The molecule has 0 saturated heterocycles. The van der Waals surface area contributed by atoms with E-state index in [-0.39, 0.29) is 0 Å². The molecule has 0 radical (unpaired) electrons. The summed E-state index contributed by atoms with van der Waals surface area (Å²) in [6, 6.07) is 22.5. The number of nitrogens with one attached hydrogen (secondary N) is 1. The number of hydrogen-bond donors (Lipinski definition) is 2. The molecule has 3 aromatic carbocycles. The van der Waals surface area contributed by atoms with Crippen LogP contribution in [0.1, 0.15) is 5.56 Å². The van der Waals surface area contributed by atoms with E-state index in [0.717, 1.165) is 44.3 Å². The second-order valence-electron chi connectivity index (χ2n) is 7.03. The van der Waals surface area contributed by atoms with Gasteiger partial charge in [0.05, 0.1) is 12.6 Å². The molecule has 144 valence electrons. The van der Waals surface area contributed by atoms with E-state index < -0.39 is 6.10 Å². The Kier molecular flexibility index (Phi) is 6.02. The summed E-state index contributed by atoms with van der Waals surface area (Å²) in [5, 5.41) is 17.0. The molecule has 0 aliphatic carbocycles. The van der Waals surface area contributed by atoms with Gasteiger partial charge in [0.2, 0.25) is 0 Å². The van der Waals surface area contributed by atoms with Crippen molar-refractivity contribution in [1.82, 2.24) is 9.88 Å². The number of nitrogens with zero attached hydrogens (tertiary/aromatic N) is 1. The lowest BCUT2D eigenvalue weighted by molar-refractivity contribution is 0.154. The second-order valence-corrected chi connectivity index (χ2v) is 8.38. The molecular weight excluding hydrogens is 436 g/mol. The summed E-state index contributed by atoms with van der Waals surface area (Å²) < 4.78 is 3.21. The van der Waals surface area contributed by atoms with Crippen LogP contribution in [0.15, 0.2) is 71.2 Å². The van der Waals surface area contributed by atoms with Gasteiger partial charge in [0.15, 0.2) is 0 Å². The number of rotatable bonds is 7. The molecule has 2 N–H and O–H groups in total. The van der Waals surface area contributed by atoms with Crippen LogP contribution in [-0.4, -0.2) is 28.9 Å². The van der Waals surface area contributed by atoms with Crippen LogP contribution in [0.3, 0.4) is 0 Å². The van der Waals surface area contributed by atoms with E-state index in [1.165, 1.54) is 5.56 Å². The van der Waals surface area contributed by atoms with Crippen molar-refractivity contribution in [3.63, 3.8) is 0 Å². The van der Waals surface area contributed by atoms with Crippen molar-refractivity contribution < 1.29 is 5.11 Å². The van der Waals surface area contributed by atoms with Crippen LogP contribution in [-0.2, 0) is 13.0 Å². The minimum Gasteiger partial charge on any atom is -0.390 e. The van der Waals surface area contributed by atoms with Crippen molar-refractivity contribution in [3.05, 3.63) is 81.8 Å².